The Kier molecular flexibility index (Phi) is 9.49. The minimum atomic E-state index is -0.420. The number of benzene rings is 7. The van der Waals surface area contributed by atoms with Crippen LogP contribution in [0.4, 0.5) is 22.7 Å². The predicted octanol–water partition coefficient (Wildman–Crippen LogP) is 18.4. The molecule has 0 spiro atoms. The summed E-state index contributed by atoms with van der Waals surface area (Å²) >= 11 is 0. The van der Waals surface area contributed by atoms with Gasteiger partial charge in [-0.05, 0) is 127 Å². The Balaban J connectivity index is 1.08. The maximum atomic E-state index is 9.49. The number of hydrogen-bond donors (Lipinski definition) is 0. The number of aromatic nitrogens is 2. The van der Waals surface area contributed by atoms with Gasteiger partial charge in [0, 0.05) is 51.3 Å². The topological polar surface area (TPSA) is 33.5 Å². The molecule has 7 aromatic carbocycles. The fourth-order valence-electron chi connectivity index (χ4n) is 10.9. The highest BCUT2D eigenvalue weighted by Crippen LogP contribution is 2.54. The van der Waals surface area contributed by atoms with Crippen molar-refractivity contribution in [2.24, 2.45) is 0 Å². The first-order chi connectivity index (χ1) is 36.0. The number of nitrogens with zero attached hydrogens (tertiary/aromatic N) is 4. The Labute approximate surface area is 435 Å². The van der Waals surface area contributed by atoms with Crippen LogP contribution in [0.2, 0.25) is 0 Å². The van der Waals surface area contributed by atoms with E-state index in [1.165, 1.54) is 38.6 Å². The Morgan fingerprint density at radius 3 is 1.76 bits per heavy atom. The Bertz CT molecular complexity index is 3850. The lowest BCUT2D eigenvalue weighted by molar-refractivity contribution is 0.481. The summed E-state index contributed by atoms with van der Waals surface area (Å²) in [5, 5.41) is 2.50. The lowest BCUT2D eigenvalue weighted by atomic mass is 9.77. The average molecular weight is 952 g/mol. The molecule has 11 rings (SSSR count). The van der Waals surface area contributed by atoms with Gasteiger partial charge in [0.05, 0.1) is 34.9 Å². The molecule has 0 bridgehead atoms. The SMILES string of the molecule is [2H]c1c([2H])c([2H])c(-c2cc(C(C)(C)C)cc(-c3cc(C(C)(C)C)cc(C(C)(C)C)c3)c2N2CN(c3cccc(Oc4cc5c6c7c(cccc7n(-c7cc(C(C)(C)C)ccn7)c6c4)C5(C)C)c3)c3ccccc32)c([2H])c1[2H]. The van der Waals surface area contributed by atoms with Gasteiger partial charge in [0.2, 0.25) is 0 Å². The molecule has 1 aliphatic carbocycles. The van der Waals surface area contributed by atoms with Crippen LogP contribution in [0.5, 0.6) is 11.5 Å². The summed E-state index contributed by atoms with van der Waals surface area (Å²) < 4.78 is 54.9. The molecule has 1 aliphatic heterocycles. The highest BCUT2D eigenvalue weighted by Gasteiger charge is 2.38. The van der Waals surface area contributed by atoms with Crippen LogP contribution in [0, 0.1) is 0 Å². The summed E-state index contributed by atoms with van der Waals surface area (Å²) in [6.45, 7) is 31.6. The van der Waals surface area contributed by atoms with Crippen LogP contribution in [0.1, 0.15) is 137 Å². The summed E-state index contributed by atoms with van der Waals surface area (Å²) in [6, 6.07) is 41.5. The van der Waals surface area contributed by atoms with Gasteiger partial charge in [-0.1, -0.05) is 176 Å². The number of hydrogen-bond acceptors (Lipinski definition) is 4. The lowest BCUT2D eigenvalue weighted by Gasteiger charge is -2.31. The normalized spacial score (nSPS) is 15.5. The van der Waals surface area contributed by atoms with E-state index in [9.17, 15) is 2.74 Å². The van der Waals surface area contributed by atoms with E-state index in [0.717, 1.165) is 62.0 Å². The van der Waals surface area contributed by atoms with Crippen molar-refractivity contribution >= 4 is 44.6 Å². The summed E-state index contributed by atoms with van der Waals surface area (Å²) in [7, 11) is 0. The summed E-state index contributed by atoms with van der Waals surface area (Å²) in [5.41, 5.74) is 14.4. The quantitative estimate of drug-likeness (QED) is 0.159. The van der Waals surface area contributed by atoms with Crippen molar-refractivity contribution in [3.05, 3.63) is 191 Å². The van der Waals surface area contributed by atoms with Gasteiger partial charge in [-0.25, -0.2) is 4.98 Å². The molecule has 0 atom stereocenters. The fraction of sp³-hybridized carbons (Fsp3) is 0.299. The van der Waals surface area contributed by atoms with Gasteiger partial charge in [-0.15, -0.1) is 0 Å². The van der Waals surface area contributed by atoms with E-state index in [2.05, 4.69) is 214 Å². The van der Waals surface area contributed by atoms with Crippen molar-refractivity contribution in [3.8, 4) is 39.6 Å². The molecule has 0 radical (unpaired) electrons. The van der Waals surface area contributed by atoms with Crippen LogP contribution in [0.15, 0.2) is 158 Å². The van der Waals surface area contributed by atoms with Gasteiger partial charge in [0.15, 0.2) is 0 Å². The van der Waals surface area contributed by atoms with Crippen molar-refractivity contribution in [1.29, 1.82) is 0 Å². The van der Waals surface area contributed by atoms with E-state index in [4.69, 9.17) is 13.8 Å². The first-order valence-electron chi connectivity index (χ1n) is 28.0. The fourth-order valence-corrected chi connectivity index (χ4v) is 10.9. The maximum Gasteiger partial charge on any atom is 0.137 e. The second kappa shape index (κ2) is 16.5. The van der Waals surface area contributed by atoms with E-state index in [1.54, 1.807) is 0 Å². The standard InChI is InChI=1S/C67H70N4O/c1-63(2,3)44-30-31-68-59(37-44)71-57-29-21-26-53-60(57)61-54(67(53,13)14)39-50(40-58(61)71)72-49-25-20-24-48(38-49)69-41-70(56-28-19-18-27-55(56)69)62-51(42-22-16-15-17-23-42)35-47(66(10,11)12)36-52(62)43-32-45(64(4,5)6)34-46(33-43)65(7,8)9/h15-40H,41H2,1-14H3/i15D,16D,17D,22D,23D. The molecule has 364 valence electrons. The summed E-state index contributed by atoms with van der Waals surface area (Å²) in [6.07, 6.45) is 1.92. The largest absolute Gasteiger partial charge is 0.457 e. The van der Waals surface area contributed by atoms with Gasteiger partial charge < -0.3 is 14.5 Å². The first-order valence-corrected chi connectivity index (χ1v) is 25.5. The Morgan fingerprint density at radius 1 is 0.514 bits per heavy atom. The van der Waals surface area contributed by atoms with Gasteiger partial charge >= 0.3 is 0 Å². The van der Waals surface area contributed by atoms with Crippen molar-refractivity contribution in [2.75, 3.05) is 16.5 Å². The molecule has 0 N–H and O–H groups in total. The molecule has 0 saturated heterocycles. The molecule has 2 aromatic heterocycles. The number of anilines is 4. The second-order valence-corrected chi connectivity index (χ2v) is 24.7. The van der Waals surface area contributed by atoms with Crippen LogP contribution in [0.3, 0.4) is 0 Å². The molecular weight excluding hydrogens is 877 g/mol. The smallest absolute Gasteiger partial charge is 0.137 e. The van der Waals surface area contributed by atoms with Gasteiger partial charge in [-0.2, -0.15) is 0 Å². The number of ether oxygens (including phenoxy) is 1. The molecule has 0 saturated carbocycles. The molecule has 5 nitrogen and oxygen atoms in total. The van der Waals surface area contributed by atoms with Crippen molar-refractivity contribution < 1.29 is 11.6 Å². The van der Waals surface area contributed by atoms with Crippen LogP contribution >= 0.6 is 0 Å². The Hall–Kier alpha value is -7.11. The molecule has 0 amide bonds. The third-order valence-electron chi connectivity index (χ3n) is 15.2. The highest BCUT2D eigenvalue weighted by molar-refractivity contribution is 6.16. The van der Waals surface area contributed by atoms with Crippen LogP contribution in [-0.4, -0.2) is 16.2 Å². The molecule has 72 heavy (non-hydrogen) atoms. The number of para-hydroxylation sites is 2. The second-order valence-electron chi connectivity index (χ2n) is 24.7. The van der Waals surface area contributed by atoms with Gasteiger partial charge in [0.25, 0.3) is 0 Å². The zero-order valence-corrected chi connectivity index (χ0v) is 44.5. The highest BCUT2D eigenvalue weighted by atomic mass is 16.5. The van der Waals surface area contributed by atoms with Crippen molar-refractivity contribution in [1.82, 2.24) is 9.55 Å². The number of fused-ring (bicyclic) bond motifs is 1. The Morgan fingerprint density at radius 2 is 1.11 bits per heavy atom. The van der Waals surface area contributed by atoms with Crippen molar-refractivity contribution in [3.63, 3.8) is 0 Å². The molecule has 3 heterocycles. The summed E-state index contributed by atoms with van der Waals surface area (Å²) in [4.78, 5) is 9.52. The maximum absolute atomic E-state index is 9.49. The van der Waals surface area contributed by atoms with E-state index >= 15 is 0 Å². The third-order valence-corrected chi connectivity index (χ3v) is 15.2. The van der Waals surface area contributed by atoms with E-state index in [0.29, 0.717) is 18.0 Å². The summed E-state index contributed by atoms with van der Waals surface area (Å²) in [5.74, 6) is 2.28. The van der Waals surface area contributed by atoms with E-state index < -0.39 is 6.04 Å². The van der Waals surface area contributed by atoms with Gasteiger partial charge in [0.1, 0.15) is 24.0 Å². The molecule has 5 heteroatoms. The zero-order valence-electron chi connectivity index (χ0n) is 49.5. The van der Waals surface area contributed by atoms with E-state index in [-0.39, 0.29) is 56.8 Å². The number of pyridine rings is 1. The monoisotopic (exact) mass is 952 g/mol. The van der Waals surface area contributed by atoms with Gasteiger partial charge in [-0.3, -0.25) is 4.57 Å². The molecule has 2 aliphatic rings. The van der Waals surface area contributed by atoms with E-state index in [1.807, 2.05) is 24.4 Å². The predicted molar refractivity (Wildman–Crippen MR) is 305 cm³/mol. The molecule has 9 aromatic rings. The van der Waals surface area contributed by atoms with Crippen LogP contribution in [-0.2, 0) is 27.1 Å². The van der Waals surface area contributed by atoms with Crippen molar-refractivity contribution in [2.45, 2.75) is 124 Å². The zero-order chi connectivity index (χ0) is 55.2. The average Bonchev–Trinajstić information content (AvgIpc) is 4.01. The minimum absolute atomic E-state index is 0.0575. The molecular formula is C67H70N4O. The van der Waals surface area contributed by atoms with Crippen LogP contribution in [0.25, 0.3) is 49.9 Å². The first kappa shape index (κ1) is 41.5. The minimum Gasteiger partial charge on any atom is -0.457 e. The van der Waals surface area contributed by atoms with Crippen LogP contribution < -0.4 is 14.5 Å². The third kappa shape index (κ3) is 7.97. The molecule has 0 fully saturated rings. The molecule has 0 unspecified atom stereocenters. The number of rotatable bonds is 7. The lowest BCUT2D eigenvalue weighted by Crippen LogP contribution is -2.25.